The van der Waals surface area contributed by atoms with Gasteiger partial charge in [-0.1, -0.05) is 27.7 Å². The van der Waals surface area contributed by atoms with Gasteiger partial charge in [-0.05, 0) is 26.1 Å². The highest BCUT2D eigenvalue weighted by atomic mass is 16.5. The van der Waals surface area contributed by atoms with Crippen molar-refractivity contribution < 1.29 is 9.15 Å². The molecule has 0 bridgehead atoms. The molecule has 0 aromatic carbocycles. The van der Waals surface area contributed by atoms with E-state index in [1.165, 1.54) is 0 Å². The molecular weight excluding hydrogens is 252 g/mol. The molecule has 0 fully saturated rings. The summed E-state index contributed by atoms with van der Waals surface area (Å²) in [6.07, 6.45) is 0. The topological polar surface area (TPSA) is 37.6 Å². The first-order valence-corrected chi connectivity index (χ1v) is 7.68. The van der Waals surface area contributed by atoms with E-state index in [0.717, 1.165) is 49.9 Å². The van der Waals surface area contributed by atoms with Crippen LogP contribution in [0.25, 0.3) is 0 Å². The van der Waals surface area contributed by atoms with Gasteiger partial charge in [-0.25, -0.2) is 0 Å². The summed E-state index contributed by atoms with van der Waals surface area (Å²) in [6.45, 7) is 16.0. The molecule has 0 unspecified atom stereocenters. The molecule has 4 heteroatoms. The number of hydrogen-bond acceptors (Lipinski definition) is 4. The molecule has 0 saturated carbocycles. The molecule has 20 heavy (non-hydrogen) atoms. The van der Waals surface area contributed by atoms with Gasteiger partial charge < -0.3 is 19.4 Å². The van der Waals surface area contributed by atoms with E-state index in [0.29, 0.717) is 12.6 Å². The van der Waals surface area contributed by atoms with Crippen molar-refractivity contribution in [1.82, 2.24) is 10.2 Å². The van der Waals surface area contributed by atoms with E-state index in [-0.39, 0.29) is 0 Å². The van der Waals surface area contributed by atoms with Gasteiger partial charge in [-0.2, -0.15) is 0 Å². The largest absolute Gasteiger partial charge is 0.465 e. The lowest BCUT2D eigenvalue weighted by molar-refractivity contribution is 0.0949. The Morgan fingerprint density at radius 1 is 1.30 bits per heavy atom. The van der Waals surface area contributed by atoms with E-state index < -0.39 is 0 Å². The van der Waals surface area contributed by atoms with Gasteiger partial charge >= 0.3 is 0 Å². The average Bonchev–Trinajstić information content (AvgIpc) is 2.77. The molecule has 0 atom stereocenters. The van der Waals surface area contributed by atoms with Crippen molar-refractivity contribution in [3.05, 3.63) is 23.2 Å². The van der Waals surface area contributed by atoms with Crippen molar-refractivity contribution in [2.75, 3.05) is 26.2 Å². The number of furan rings is 1. The molecule has 0 saturated heterocycles. The Balaban J connectivity index is 2.33. The zero-order chi connectivity index (χ0) is 15.0. The summed E-state index contributed by atoms with van der Waals surface area (Å²) < 4.78 is 11.5. The van der Waals surface area contributed by atoms with Crippen LogP contribution in [-0.2, 0) is 17.9 Å². The van der Waals surface area contributed by atoms with Crippen LogP contribution in [0, 0.1) is 6.92 Å². The molecule has 0 aliphatic heterocycles. The number of ether oxygens (including phenoxy) is 1. The third kappa shape index (κ3) is 6.07. The van der Waals surface area contributed by atoms with Gasteiger partial charge in [0.2, 0.25) is 0 Å². The Labute approximate surface area is 123 Å². The Hall–Kier alpha value is -0.840. The molecular formula is C16H30N2O2. The average molecular weight is 282 g/mol. The standard InChI is InChI=1S/C16H30N2O2/c1-6-18(7-2)8-9-19-12-15-10-16(20-14(15)5)11-17-13(3)4/h10,13,17H,6-9,11-12H2,1-5H3. The molecule has 1 aromatic rings. The van der Waals surface area contributed by atoms with Crippen molar-refractivity contribution in [3.8, 4) is 0 Å². The molecule has 1 rings (SSSR count). The van der Waals surface area contributed by atoms with Crippen LogP contribution in [-0.4, -0.2) is 37.2 Å². The molecule has 0 aliphatic carbocycles. The smallest absolute Gasteiger partial charge is 0.118 e. The van der Waals surface area contributed by atoms with E-state index in [1.807, 2.05) is 6.92 Å². The van der Waals surface area contributed by atoms with Crippen LogP contribution >= 0.6 is 0 Å². The minimum Gasteiger partial charge on any atom is -0.465 e. The molecule has 4 nitrogen and oxygen atoms in total. The van der Waals surface area contributed by atoms with Gasteiger partial charge in [-0.3, -0.25) is 0 Å². The number of nitrogens with one attached hydrogen (secondary N) is 1. The lowest BCUT2D eigenvalue weighted by Crippen LogP contribution is -2.26. The maximum absolute atomic E-state index is 5.75. The van der Waals surface area contributed by atoms with E-state index in [9.17, 15) is 0 Å². The van der Waals surface area contributed by atoms with Crippen molar-refractivity contribution in [3.63, 3.8) is 0 Å². The molecule has 1 N–H and O–H groups in total. The summed E-state index contributed by atoms with van der Waals surface area (Å²) in [6, 6.07) is 2.57. The second-order valence-electron chi connectivity index (χ2n) is 5.41. The lowest BCUT2D eigenvalue weighted by atomic mass is 10.2. The van der Waals surface area contributed by atoms with Gasteiger partial charge in [0.1, 0.15) is 11.5 Å². The van der Waals surface area contributed by atoms with Crippen LogP contribution in [0.1, 0.15) is 44.8 Å². The lowest BCUT2D eigenvalue weighted by Gasteiger charge is -2.17. The summed E-state index contributed by atoms with van der Waals surface area (Å²) in [5.41, 5.74) is 1.16. The highest BCUT2D eigenvalue weighted by molar-refractivity contribution is 5.19. The van der Waals surface area contributed by atoms with Gasteiger partial charge in [0.05, 0.1) is 19.8 Å². The number of hydrogen-bond donors (Lipinski definition) is 1. The van der Waals surface area contributed by atoms with Crippen LogP contribution in [0.5, 0.6) is 0 Å². The summed E-state index contributed by atoms with van der Waals surface area (Å²) in [5.74, 6) is 1.95. The molecule has 1 aromatic heterocycles. The zero-order valence-corrected chi connectivity index (χ0v) is 13.7. The van der Waals surface area contributed by atoms with Crippen LogP contribution in [0.2, 0.25) is 0 Å². The number of nitrogens with zero attached hydrogens (tertiary/aromatic N) is 1. The van der Waals surface area contributed by atoms with Crippen LogP contribution < -0.4 is 5.32 Å². The summed E-state index contributed by atoms with van der Waals surface area (Å²) >= 11 is 0. The Bertz CT molecular complexity index is 371. The minimum absolute atomic E-state index is 0.467. The molecule has 0 amide bonds. The van der Waals surface area contributed by atoms with Crippen LogP contribution in [0.15, 0.2) is 10.5 Å². The molecule has 1 heterocycles. The van der Waals surface area contributed by atoms with E-state index in [2.05, 4.69) is 44.0 Å². The Morgan fingerprint density at radius 3 is 2.60 bits per heavy atom. The van der Waals surface area contributed by atoms with Gasteiger partial charge in [0.25, 0.3) is 0 Å². The molecule has 116 valence electrons. The zero-order valence-electron chi connectivity index (χ0n) is 13.7. The third-order valence-electron chi connectivity index (χ3n) is 3.46. The minimum atomic E-state index is 0.467. The second-order valence-corrected chi connectivity index (χ2v) is 5.41. The first-order valence-electron chi connectivity index (χ1n) is 7.68. The first kappa shape index (κ1) is 17.2. The SMILES string of the molecule is CCN(CC)CCOCc1cc(CNC(C)C)oc1C. The van der Waals surface area contributed by atoms with E-state index in [4.69, 9.17) is 9.15 Å². The second kappa shape index (κ2) is 9.16. The third-order valence-corrected chi connectivity index (χ3v) is 3.46. The highest BCUT2D eigenvalue weighted by Gasteiger charge is 2.08. The van der Waals surface area contributed by atoms with Crippen molar-refractivity contribution in [1.29, 1.82) is 0 Å². The highest BCUT2D eigenvalue weighted by Crippen LogP contribution is 2.15. The van der Waals surface area contributed by atoms with Gasteiger partial charge in [0.15, 0.2) is 0 Å². The van der Waals surface area contributed by atoms with Crippen molar-refractivity contribution in [2.45, 2.75) is 53.8 Å². The summed E-state index contributed by atoms with van der Waals surface area (Å²) in [4.78, 5) is 2.36. The fraction of sp³-hybridized carbons (Fsp3) is 0.750. The maximum Gasteiger partial charge on any atom is 0.118 e. The van der Waals surface area contributed by atoms with Gasteiger partial charge in [-0.15, -0.1) is 0 Å². The quantitative estimate of drug-likeness (QED) is 0.670. The van der Waals surface area contributed by atoms with Crippen molar-refractivity contribution >= 4 is 0 Å². The Morgan fingerprint density at radius 2 is 2.00 bits per heavy atom. The van der Waals surface area contributed by atoms with E-state index in [1.54, 1.807) is 0 Å². The number of rotatable bonds is 10. The van der Waals surface area contributed by atoms with Crippen LogP contribution in [0.4, 0.5) is 0 Å². The molecule has 0 spiro atoms. The molecule has 0 aliphatic rings. The predicted octanol–water partition coefficient (Wildman–Crippen LogP) is 2.94. The summed E-state index contributed by atoms with van der Waals surface area (Å²) in [7, 11) is 0. The normalized spacial score (nSPS) is 11.8. The monoisotopic (exact) mass is 282 g/mol. The van der Waals surface area contributed by atoms with Crippen LogP contribution in [0.3, 0.4) is 0 Å². The maximum atomic E-state index is 5.75. The molecule has 0 radical (unpaired) electrons. The first-order chi connectivity index (χ1) is 9.56. The fourth-order valence-electron chi connectivity index (χ4n) is 2.04. The Kier molecular flexibility index (Phi) is 7.88. The summed E-state index contributed by atoms with van der Waals surface area (Å²) in [5, 5.41) is 3.36. The van der Waals surface area contributed by atoms with E-state index >= 15 is 0 Å². The van der Waals surface area contributed by atoms with Crippen molar-refractivity contribution in [2.24, 2.45) is 0 Å². The predicted molar refractivity (Wildman–Crippen MR) is 82.9 cm³/mol. The van der Waals surface area contributed by atoms with Gasteiger partial charge in [0, 0.05) is 18.2 Å². The number of aryl methyl sites for hydroxylation is 1. The number of likely N-dealkylation sites (N-methyl/N-ethyl adjacent to an activating group) is 1. The fourth-order valence-corrected chi connectivity index (χ4v) is 2.04.